The summed E-state index contributed by atoms with van der Waals surface area (Å²) >= 11 is 6.05. The second-order valence-electron chi connectivity index (χ2n) is 5.75. The molecular weight excluding hydrogens is 288 g/mol. The molecule has 2 atom stereocenters. The SMILES string of the molecule is CC1CCN(CCC(=O)NCc2ccccc2Cl)CC1O. The Morgan fingerprint density at radius 1 is 1.48 bits per heavy atom. The molecule has 0 spiro atoms. The number of rotatable bonds is 5. The predicted octanol–water partition coefficient (Wildman–Crippen LogP) is 2.05. The highest BCUT2D eigenvalue weighted by Gasteiger charge is 2.24. The summed E-state index contributed by atoms with van der Waals surface area (Å²) < 4.78 is 0. The van der Waals surface area contributed by atoms with Gasteiger partial charge in [-0.1, -0.05) is 36.7 Å². The lowest BCUT2D eigenvalue weighted by Crippen LogP contribution is -2.44. The summed E-state index contributed by atoms with van der Waals surface area (Å²) in [7, 11) is 0. The molecule has 1 fully saturated rings. The summed E-state index contributed by atoms with van der Waals surface area (Å²) in [6.45, 7) is 4.84. The standard InChI is InChI=1S/C16H23ClN2O2/c1-12-6-8-19(11-15(12)20)9-7-16(21)18-10-13-4-2-3-5-14(13)17/h2-5,12,15,20H,6-11H2,1H3,(H,18,21). The number of nitrogens with zero attached hydrogens (tertiary/aromatic N) is 1. The molecule has 116 valence electrons. The summed E-state index contributed by atoms with van der Waals surface area (Å²) in [5.41, 5.74) is 0.926. The number of β-amino-alcohol motifs (C(OH)–C–C–N with tert-alkyl or cyclic N) is 1. The second-order valence-corrected chi connectivity index (χ2v) is 6.16. The molecule has 2 rings (SSSR count). The lowest BCUT2D eigenvalue weighted by molar-refractivity contribution is -0.121. The highest BCUT2D eigenvalue weighted by Crippen LogP contribution is 2.17. The van der Waals surface area contributed by atoms with Crippen LogP contribution in [0.1, 0.15) is 25.3 Å². The van der Waals surface area contributed by atoms with Crippen LogP contribution in [0.2, 0.25) is 5.02 Å². The molecule has 1 aliphatic heterocycles. The van der Waals surface area contributed by atoms with E-state index in [9.17, 15) is 9.90 Å². The molecule has 5 heteroatoms. The van der Waals surface area contributed by atoms with Crippen LogP contribution >= 0.6 is 11.6 Å². The van der Waals surface area contributed by atoms with Gasteiger partial charge in [-0.15, -0.1) is 0 Å². The number of aliphatic hydroxyl groups is 1. The monoisotopic (exact) mass is 310 g/mol. The predicted molar refractivity (Wildman–Crippen MR) is 84.1 cm³/mol. The van der Waals surface area contributed by atoms with E-state index >= 15 is 0 Å². The van der Waals surface area contributed by atoms with E-state index in [0.29, 0.717) is 37.0 Å². The van der Waals surface area contributed by atoms with Crippen molar-refractivity contribution >= 4 is 17.5 Å². The van der Waals surface area contributed by atoms with Gasteiger partial charge in [-0.25, -0.2) is 0 Å². The molecule has 21 heavy (non-hydrogen) atoms. The van der Waals surface area contributed by atoms with Crippen molar-refractivity contribution in [2.75, 3.05) is 19.6 Å². The first kappa shape index (κ1) is 16.3. The van der Waals surface area contributed by atoms with Crippen molar-refractivity contribution in [3.05, 3.63) is 34.9 Å². The summed E-state index contributed by atoms with van der Waals surface area (Å²) in [6.07, 6.45) is 1.17. The zero-order chi connectivity index (χ0) is 15.2. The molecule has 4 nitrogen and oxygen atoms in total. The number of carbonyl (C=O) groups is 1. The van der Waals surface area contributed by atoms with E-state index in [1.165, 1.54) is 0 Å². The van der Waals surface area contributed by atoms with Crippen molar-refractivity contribution in [2.24, 2.45) is 5.92 Å². The van der Waals surface area contributed by atoms with Gasteiger partial charge in [0.05, 0.1) is 6.10 Å². The van der Waals surface area contributed by atoms with Crippen molar-refractivity contribution in [1.82, 2.24) is 10.2 Å². The second kappa shape index (κ2) is 7.78. The molecule has 2 N–H and O–H groups in total. The molecule has 0 aliphatic carbocycles. The van der Waals surface area contributed by atoms with Crippen LogP contribution < -0.4 is 5.32 Å². The molecule has 0 bridgehead atoms. The largest absolute Gasteiger partial charge is 0.392 e. The molecule has 1 heterocycles. The third-order valence-corrected chi connectivity index (χ3v) is 4.46. The number of carbonyl (C=O) groups excluding carboxylic acids is 1. The Morgan fingerprint density at radius 2 is 2.24 bits per heavy atom. The lowest BCUT2D eigenvalue weighted by Gasteiger charge is -2.34. The Hall–Kier alpha value is -1.10. The van der Waals surface area contributed by atoms with Crippen LogP contribution in [0.3, 0.4) is 0 Å². The molecule has 1 aromatic rings. The maximum absolute atomic E-state index is 11.9. The fourth-order valence-corrected chi connectivity index (χ4v) is 2.70. The fourth-order valence-electron chi connectivity index (χ4n) is 2.50. The Kier molecular flexibility index (Phi) is 6.03. The highest BCUT2D eigenvalue weighted by molar-refractivity contribution is 6.31. The maximum Gasteiger partial charge on any atom is 0.221 e. The van der Waals surface area contributed by atoms with E-state index in [1.54, 1.807) is 0 Å². The normalized spacial score (nSPS) is 23.0. The van der Waals surface area contributed by atoms with Crippen molar-refractivity contribution in [2.45, 2.75) is 32.4 Å². The van der Waals surface area contributed by atoms with E-state index in [1.807, 2.05) is 24.3 Å². The van der Waals surface area contributed by atoms with Crippen LogP contribution in [0, 0.1) is 5.92 Å². The van der Waals surface area contributed by atoms with E-state index in [4.69, 9.17) is 11.6 Å². The van der Waals surface area contributed by atoms with Gasteiger partial charge < -0.3 is 15.3 Å². The molecule has 1 saturated heterocycles. The number of aliphatic hydroxyl groups excluding tert-OH is 1. The van der Waals surface area contributed by atoms with Crippen LogP contribution in [0.25, 0.3) is 0 Å². The number of nitrogens with one attached hydrogen (secondary N) is 1. The van der Waals surface area contributed by atoms with Crippen molar-refractivity contribution < 1.29 is 9.90 Å². The van der Waals surface area contributed by atoms with Crippen LogP contribution in [-0.4, -0.2) is 41.7 Å². The fraction of sp³-hybridized carbons (Fsp3) is 0.562. The summed E-state index contributed by atoms with van der Waals surface area (Å²) in [5.74, 6) is 0.373. The van der Waals surface area contributed by atoms with Gasteiger partial charge in [0, 0.05) is 31.1 Å². The number of halogens is 1. The number of likely N-dealkylation sites (tertiary alicyclic amines) is 1. The van der Waals surface area contributed by atoms with Gasteiger partial charge >= 0.3 is 0 Å². The first-order valence-electron chi connectivity index (χ1n) is 7.47. The molecule has 1 amide bonds. The Bertz CT molecular complexity index is 481. The first-order chi connectivity index (χ1) is 10.1. The Morgan fingerprint density at radius 3 is 2.95 bits per heavy atom. The highest BCUT2D eigenvalue weighted by atomic mass is 35.5. The minimum Gasteiger partial charge on any atom is -0.392 e. The van der Waals surface area contributed by atoms with Gasteiger partial charge in [-0.3, -0.25) is 4.79 Å². The average molecular weight is 311 g/mol. The smallest absolute Gasteiger partial charge is 0.221 e. The third kappa shape index (κ3) is 4.99. The Labute approximate surface area is 131 Å². The number of hydrogen-bond acceptors (Lipinski definition) is 3. The van der Waals surface area contributed by atoms with E-state index in [0.717, 1.165) is 18.5 Å². The van der Waals surface area contributed by atoms with Gasteiger partial charge in [0.15, 0.2) is 0 Å². The van der Waals surface area contributed by atoms with Gasteiger partial charge in [0.1, 0.15) is 0 Å². The molecule has 0 saturated carbocycles. The molecule has 1 aromatic carbocycles. The van der Waals surface area contributed by atoms with Gasteiger partial charge in [-0.05, 0) is 30.5 Å². The third-order valence-electron chi connectivity index (χ3n) is 4.09. The number of piperidine rings is 1. The van der Waals surface area contributed by atoms with Crippen molar-refractivity contribution in [3.63, 3.8) is 0 Å². The number of benzene rings is 1. The summed E-state index contributed by atoms with van der Waals surface area (Å²) in [4.78, 5) is 14.0. The molecular formula is C16H23ClN2O2. The van der Waals surface area contributed by atoms with Crippen molar-refractivity contribution in [1.29, 1.82) is 0 Å². The van der Waals surface area contributed by atoms with Crippen molar-refractivity contribution in [3.8, 4) is 0 Å². The van der Waals surface area contributed by atoms with Crippen LogP contribution in [0.5, 0.6) is 0 Å². The summed E-state index contributed by atoms with van der Waals surface area (Å²) in [5, 5.41) is 13.4. The first-order valence-corrected chi connectivity index (χ1v) is 7.84. The zero-order valence-electron chi connectivity index (χ0n) is 12.4. The average Bonchev–Trinajstić information content (AvgIpc) is 2.47. The van der Waals surface area contributed by atoms with Crippen LogP contribution in [-0.2, 0) is 11.3 Å². The number of hydrogen-bond donors (Lipinski definition) is 2. The van der Waals surface area contributed by atoms with Crippen LogP contribution in [0.15, 0.2) is 24.3 Å². The molecule has 0 radical (unpaired) electrons. The topological polar surface area (TPSA) is 52.6 Å². The summed E-state index contributed by atoms with van der Waals surface area (Å²) in [6, 6.07) is 7.50. The maximum atomic E-state index is 11.9. The van der Waals surface area contributed by atoms with E-state index < -0.39 is 0 Å². The van der Waals surface area contributed by atoms with Crippen LogP contribution in [0.4, 0.5) is 0 Å². The Balaban J connectivity index is 1.69. The quantitative estimate of drug-likeness (QED) is 0.875. The minimum absolute atomic E-state index is 0.0167. The van der Waals surface area contributed by atoms with Gasteiger partial charge in [-0.2, -0.15) is 0 Å². The number of amides is 1. The van der Waals surface area contributed by atoms with E-state index in [2.05, 4.69) is 17.1 Å². The van der Waals surface area contributed by atoms with Gasteiger partial charge in [0.2, 0.25) is 5.91 Å². The molecule has 1 aliphatic rings. The molecule has 2 unspecified atom stereocenters. The zero-order valence-corrected chi connectivity index (χ0v) is 13.1. The molecule has 0 aromatic heterocycles. The minimum atomic E-state index is -0.273. The van der Waals surface area contributed by atoms with E-state index in [-0.39, 0.29) is 12.0 Å². The van der Waals surface area contributed by atoms with Gasteiger partial charge in [0.25, 0.3) is 0 Å². The lowest BCUT2D eigenvalue weighted by atomic mass is 9.96.